The average Bonchev–Trinajstić information content (AvgIpc) is 3.05. The Balaban J connectivity index is 1.81. The molecule has 3 aromatic rings. The van der Waals surface area contributed by atoms with Crippen molar-refractivity contribution in [3.8, 4) is 27.6 Å². The average molecular weight is 347 g/mol. The van der Waals surface area contributed by atoms with Crippen molar-refractivity contribution in [2.24, 2.45) is 0 Å². The third kappa shape index (κ3) is 3.57. The first-order chi connectivity index (χ1) is 11.5. The Morgan fingerprint density at radius 1 is 1.04 bits per heavy atom. The van der Waals surface area contributed by atoms with Crippen LogP contribution in [0.4, 0.5) is 8.78 Å². The van der Waals surface area contributed by atoms with Gasteiger partial charge in [-0.15, -0.1) is 11.3 Å². The number of carbonyl (C=O) groups is 1. The van der Waals surface area contributed by atoms with Gasteiger partial charge in [0, 0.05) is 16.5 Å². The van der Waals surface area contributed by atoms with Crippen LogP contribution in [0.3, 0.4) is 0 Å². The number of thiazole rings is 1. The fourth-order valence-electron chi connectivity index (χ4n) is 2.10. The lowest BCUT2D eigenvalue weighted by molar-refractivity contribution is -0.0498. The maximum atomic E-state index is 12.1. The molecule has 4 nitrogen and oxygen atoms in total. The lowest BCUT2D eigenvalue weighted by Gasteiger charge is -2.04. The molecule has 0 spiro atoms. The van der Waals surface area contributed by atoms with Gasteiger partial charge in [0.25, 0.3) is 0 Å². The molecule has 122 valence electrons. The van der Waals surface area contributed by atoms with E-state index in [2.05, 4.69) is 9.72 Å². The van der Waals surface area contributed by atoms with E-state index in [0.717, 1.165) is 16.1 Å². The molecule has 2 aromatic carbocycles. The van der Waals surface area contributed by atoms with Crippen LogP contribution in [0.15, 0.2) is 53.9 Å². The molecule has 0 aliphatic heterocycles. The van der Waals surface area contributed by atoms with Crippen molar-refractivity contribution in [2.75, 3.05) is 0 Å². The molecule has 0 radical (unpaired) electrons. The van der Waals surface area contributed by atoms with Crippen LogP contribution in [0.25, 0.3) is 21.8 Å². The van der Waals surface area contributed by atoms with Crippen molar-refractivity contribution in [3.05, 3.63) is 59.5 Å². The van der Waals surface area contributed by atoms with Crippen molar-refractivity contribution < 1.29 is 23.4 Å². The first-order valence-electron chi connectivity index (χ1n) is 6.87. The van der Waals surface area contributed by atoms with Gasteiger partial charge in [-0.05, 0) is 36.4 Å². The number of halogens is 2. The zero-order chi connectivity index (χ0) is 17.1. The minimum absolute atomic E-state index is 0.0912. The van der Waals surface area contributed by atoms with Crippen LogP contribution in [-0.4, -0.2) is 22.7 Å². The fourth-order valence-corrected chi connectivity index (χ4v) is 2.94. The molecule has 0 unspecified atom stereocenters. The van der Waals surface area contributed by atoms with Gasteiger partial charge in [-0.2, -0.15) is 8.78 Å². The summed E-state index contributed by atoms with van der Waals surface area (Å²) in [5.41, 5.74) is 2.52. The first-order valence-corrected chi connectivity index (χ1v) is 7.75. The minimum Gasteiger partial charge on any atom is -0.478 e. The van der Waals surface area contributed by atoms with Crippen molar-refractivity contribution >= 4 is 17.3 Å². The summed E-state index contributed by atoms with van der Waals surface area (Å²) in [4.78, 5) is 15.4. The third-order valence-corrected chi connectivity index (χ3v) is 4.15. The van der Waals surface area contributed by atoms with Gasteiger partial charge in [0.1, 0.15) is 10.8 Å². The van der Waals surface area contributed by atoms with E-state index in [1.807, 2.05) is 5.38 Å². The van der Waals surface area contributed by atoms with E-state index in [0.29, 0.717) is 5.69 Å². The molecule has 0 amide bonds. The maximum absolute atomic E-state index is 12.1. The Morgan fingerprint density at radius 3 is 2.25 bits per heavy atom. The maximum Gasteiger partial charge on any atom is 0.387 e. The van der Waals surface area contributed by atoms with E-state index in [9.17, 15) is 13.6 Å². The number of benzene rings is 2. The highest BCUT2D eigenvalue weighted by molar-refractivity contribution is 7.13. The second kappa shape index (κ2) is 6.76. The van der Waals surface area contributed by atoms with Gasteiger partial charge < -0.3 is 9.84 Å². The summed E-state index contributed by atoms with van der Waals surface area (Å²) in [6.45, 7) is -2.85. The third-order valence-electron chi connectivity index (χ3n) is 3.26. The van der Waals surface area contributed by atoms with Crippen LogP contribution < -0.4 is 4.74 Å². The molecular weight excluding hydrogens is 336 g/mol. The minimum atomic E-state index is -2.85. The molecule has 7 heteroatoms. The van der Waals surface area contributed by atoms with Gasteiger partial charge in [0.2, 0.25) is 0 Å². The molecule has 0 aliphatic carbocycles. The first kappa shape index (κ1) is 16.1. The summed E-state index contributed by atoms with van der Waals surface area (Å²) in [7, 11) is 0. The topological polar surface area (TPSA) is 59.4 Å². The Bertz CT molecular complexity index is 845. The number of ether oxygens (including phenoxy) is 1. The fraction of sp³-hybridized carbons (Fsp3) is 0.0588. The number of carboxylic acids is 1. The van der Waals surface area contributed by atoms with E-state index < -0.39 is 12.6 Å². The van der Waals surface area contributed by atoms with Crippen molar-refractivity contribution in [3.63, 3.8) is 0 Å². The van der Waals surface area contributed by atoms with Gasteiger partial charge in [0.15, 0.2) is 0 Å². The van der Waals surface area contributed by atoms with Crippen LogP contribution in [0, 0.1) is 0 Å². The Hall–Kier alpha value is -2.80. The van der Waals surface area contributed by atoms with E-state index in [1.54, 1.807) is 24.3 Å². The van der Waals surface area contributed by atoms with Crippen LogP contribution in [0.2, 0.25) is 0 Å². The molecule has 1 aromatic heterocycles. The number of rotatable bonds is 5. The zero-order valence-electron chi connectivity index (χ0n) is 12.1. The number of hydrogen-bond donors (Lipinski definition) is 1. The van der Waals surface area contributed by atoms with Gasteiger partial charge in [-0.3, -0.25) is 0 Å². The molecule has 3 rings (SSSR count). The van der Waals surface area contributed by atoms with Crippen LogP contribution in [0.5, 0.6) is 5.75 Å². The van der Waals surface area contributed by atoms with E-state index in [4.69, 9.17) is 5.11 Å². The van der Waals surface area contributed by atoms with Gasteiger partial charge in [-0.25, -0.2) is 9.78 Å². The highest BCUT2D eigenvalue weighted by Gasteiger charge is 2.09. The number of nitrogens with zero attached hydrogens (tertiary/aromatic N) is 1. The SMILES string of the molecule is O=C(O)c1ccc(-c2nc(-c3ccc(OC(F)F)cc3)cs2)cc1. The van der Waals surface area contributed by atoms with Crippen molar-refractivity contribution in [1.82, 2.24) is 4.98 Å². The Morgan fingerprint density at radius 2 is 1.67 bits per heavy atom. The molecule has 0 saturated heterocycles. The summed E-state index contributed by atoms with van der Waals surface area (Å²) in [5, 5.41) is 11.5. The molecule has 0 bridgehead atoms. The number of aromatic carboxylic acids is 1. The highest BCUT2D eigenvalue weighted by atomic mass is 32.1. The standard InChI is InChI=1S/C17H11F2NO3S/c18-17(19)23-13-7-5-10(6-8-13)14-9-24-15(20-14)11-1-3-12(4-2-11)16(21)22/h1-9,17H,(H,21,22). The van der Waals surface area contributed by atoms with Gasteiger partial charge in [0.05, 0.1) is 11.3 Å². The summed E-state index contributed by atoms with van der Waals surface area (Å²) < 4.78 is 28.6. The summed E-state index contributed by atoms with van der Waals surface area (Å²) in [6, 6.07) is 12.7. The van der Waals surface area contributed by atoms with E-state index in [1.165, 1.54) is 35.6 Å². The number of alkyl halides is 2. The molecule has 1 heterocycles. The number of carboxylic acid groups (broad SMARTS) is 1. The molecule has 0 aliphatic rings. The monoisotopic (exact) mass is 347 g/mol. The molecule has 1 N–H and O–H groups in total. The summed E-state index contributed by atoms with van der Waals surface area (Å²) in [6.07, 6.45) is 0. The van der Waals surface area contributed by atoms with E-state index in [-0.39, 0.29) is 11.3 Å². The molecule has 24 heavy (non-hydrogen) atoms. The normalized spacial score (nSPS) is 10.8. The summed E-state index contributed by atoms with van der Waals surface area (Å²) >= 11 is 1.42. The number of aromatic nitrogens is 1. The van der Waals surface area contributed by atoms with Gasteiger partial charge >= 0.3 is 12.6 Å². The molecule has 0 fully saturated rings. The summed E-state index contributed by atoms with van der Waals surface area (Å²) in [5.74, 6) is -0.888. The predicted octanol–water partition coefficient (Wildman–Crippen LogP) is 4.78. The second-order valence-electron chi connectivity index (χ2n) is 4.82. The highest BCUT2D eigenvalue weighted by Crippen LogP contribution is 2.30. The van der Waals surface area contributed by atoms with Gasteiger partial charge in [-0.1, -0.05) is 12.1 Å². The second-order valence-corrected chi connectivity index (χ2v) is 5.68. The van der Waals surface area contributed by atoms with Crippen molar-refractivity contribution in [1.29, 1.82) is 0 Å². The lowest BCUT2D eigenvalue weighted by Crippen LogP contribution is -2.01. The largest absolute Gasteiger partial charge is 0.478 e. The molecular formula is C17H11F2NO3S. The van der Waals surface area contributed by atoms with Crippen molar-refractivity contribution in [2.45, 2.75) is 6.61 Å². The molecule has 0 atom stereocenters. The predicted molar refractivity (Wildman–Crippen MR) is 86.6 cm³/mol. The number of hydrogen-bond acceptors (Lipinski definition) is 4. The molecule has 0 saturated carbocycles. The smallest absolute Gasteiger partial charge is 0.387 e. The zero-order valence-corrected chi connectivity index (χ0v) is 13.0. The van der Waals surface area contributed by atoms with Crippen LogP contribution in [0.1, 0.15) is 10.4 Å². The Labute approximate surface area is 140 Å². The van der Waals surface area contributed by atoms with Crippen LogP contribution in [-0.2, 0) is 0 Å². The van der Waals surface area contributed by atoms with Crippen LogP contribution >= 0.6 is 11.3 Å². The lowest BCUT2D eigenvalue weighted by atomic mass is 10.1. The van der Waals surface area contributed by atoms with E-state index >= 15 is 0 Å². The quantitative estimate of drug-likeness (QED) is 0.722. The Kier molecular flexibility index (Phi) is 4.52.